The summed E-state index contributed by atoms with van der Waals surface area (Å²) in [5, 5.41) is 2.74. The number of aryl methyl sites for hydroxylation is 1. The summed E-state index contributed by atoms with van der Waals surface area (Å²) in [5.41, 5.74) is 1.95. The van der Waals surface area contributed by atoms with Gasteiger partial charge in [0.05, 0.1) is 6.61 Å². The number of benzene rings is 1. The Balaban J connectivity index is 1.93. The summed E-state index contributed by atoms with van der Waals surface area (Å²) in [5.74, 6) is 1.15. The van der Waals surface area contributed by atoms with Crippen molar-refractivity contribution >= 4 is 33.7 Å². The molecule has 23 heavy (non-hydrogen) atoms. The van der Waals surface area contributed by atoms with Crippen LogP contribution in [0.25, 0.3) is 6.08 Å². The van der Waals surface area contributed by atoms with E-state index in [1.54, 1.807) is 12.3 Å². The molecule has 0 aliphatic carbocycles. The van der Waals surface area contributed by atoms with Crippen molar-refractivity contribution in [3.8, 4) is 5.75 Å². The van der Waals surface area contributed by atoms with Gasteiger partial charge in [-0.25, -0.2) is 4.98 Å². The van der Waals surface area contributed by atoms with Gasteiger partial charge in [0.2, 0.25) is 5.91 Å². The molecule has 1 amide bonds. The molecule has 0 aliphatic rings. The van der Waals surface area contributed by atoms with Gasteiger partial charge in [-0.1, -0.05) is 19.1 Å². The number of amides is 1. The predicted molar refractivity (Wildman–Crippen MR) is 96.6 cm³/mol. The average Bonchev–Trinajstić information content (AvgIpc) is 2.55. The Morgan fingerprint density at radius 1 is 1.35 bits per heavy atom. The smallest absolute Gasteiger partial charge is 0.249 e. The van der Waals surface area contributed by atoms with Crippen LogP contribution in [0.1, 0.15) is 24.5 Å². The molecule has 1 aromatic carbocycles. The van der Waals surface area contributed by atoms with Crippen molar-refractivity contribution in [2.24, 2.45) is 0 Å². The molecule has 0 fully saturated rings. The predicted octanol–water partition coefficient (Wildman–Crippen LogP) is 4.59. The molecule has 0 aliphatic heterocycles. The van der Waals surface area contributed by atoms with Crippen LogP contribution < -0.4 is 10.1 Å². The van der Waals surface area contributed by atoms with E-state index < -0.39 is 0 Å². The van der Waals surface area contributed by atoms with Gasteiger partial charge in [-0.2, -0.15) is 0 Å². The summed E-state index contributed by atoms with van der Waals surface area (Å²) >= 11 is 3.38. The highest BCUT2D eigenvalue weighted by Crippen LogP contribution is 2.17. The molecular weight excluding hydrogens is 356 g/mol. The van der Waals surface area contributed by atoms with E-state index in [0.29, 0.717) is 12.4 Å². The van der Waals surface area contributed by atoms with E-state index in [2.05, 4.69) is 33.2 Å². The van der Waals surface area contributed by atoms with E-state index in [1.165, 1.54) is 6.08 Å². The lowest BCUT2D eigenvalue weighted by Gasteiger charge is -2.04. The molecule has 2 aromatic rings. The van der Waals surface area contributed by atoms with E-state index >= 15 is 0 Å². The van der Waals surface area contributed by atoms with Crippen molar-refractivity contribution in [3.05, 3.63) is 58.2 Å². The van der Waals surface area contributed by atoms with Crippen molar-refractivity contribution in [1.82, 2.24) is 4.98 Å². The van der Waals surface area contributed by atoms with E-state index in [4.69, 9.17) is 4.74 Å². The Labute approximate surface area is 144 Å². The molecule has 0 atom stereocenters. The van der Waals surface area contributed by atoms with Crippen LogP contribution in [0.2, 0.25) is 0 Å². The highest BCUT2D eigenvalue weighted by atomic mass is 79.9. The van der Waals surface area contributed by atoms with Gasteiger partial charge in [0, 0.05) is 16.7 Å². The second-order valence-electron chi connectivity index (χ2n) is 5.06. The Kier molecular flexibility index (Phi) is 6.35. The van der Waals surface area contributed by atoms with Crippen molar-refractivity contribution in [2.45, 2.75) is 20.3 Å². The van der Waals surface area contributed by atoms with Crippen LogP contribution in [0.3, 0.4) is 0 Å². The van der Waals surface area contributed by atoms with Crippen LogP contribution in [0.4, 0.5) is 5.82 Å². The first-order chi connectivity index (χ1) is 11.1. The molecule has 5 heteroatoms. The van der Waals surface area contributed by atoms with Crippen LogP contribution in [0.15, 0.2) is 47.1 Å². The second kappa shape index (κ2) is 8.48. The number of hydrogen-bond acceptors (Lipinski definition) is 3. The number of halogens is 1. The monoisotopic (exact) mass is 374 g/mol. The van der Waals surface area contributed by atoms with Crippen molar-refractivity contribution in [2.75, 3.05) is 11.9 Å². The van der Waals surface area contributed by atoms with Gasteiger partial charge < -0.3 is 10.1 Å². The Morgan fingerprint density at radius 3 is 2.74 bits per heavy atom. The molecule has 2 rings (SSSR count). The zero-order chi connectivity index (χ0) is 16.7. The summed E-state index contributed by atoms with van der Waals surface area (Å²) < 4.78 is 6.43. The Morgan fingerprint density at radius 2 is 2.09 bits per heavy atom. The van der Waals surface area contributed by atoms with Gasteiger partial charge in [0.1, 0.15) is 11.6 Å². The van der Waals surface area contributed by atoms with Crippen LogP contribution in [0.5, 0.6) is 5.75 Å². The molecule has 0 unspecified atom stereocenters. The molecule has 0 saturated heterocycles. The number of carbonyl (C=O) groups excluding carboxylic acids is 1. The molecular formula is C18H19BrN2O2. The molecule has 0 radical (unpaired) electrons. The second-order valence-corrected chi connectivity index (χ2v) is 5.91. The quantitative estimate of drug-likeness (QED) is 0.752. The first-order valence-electron chi connectivity index (χ1n) is 7.42. The topological polar surface area (TPSA) is 51.2 Å². The average molecular weight is 375 g/mol. The standard InChI is InChI=1S/C18H19BrN2O2/c1-3-10-23-15-7-4-14(5-8-15)6-9-18(22)21-17-11-13(2)16(19)12-20-17/h4-9,11-12H,3,10H2,1-2H3,(H,20,21,22)/b9-6+. The summed E-state index contributed by atoms with van der Waals surface area (Å²) in [4.78, 5) is 16.1. The third-order valence-electron chi connectivity index (χ3n) is 3.08. The van der Waals surface area contributed by atoms with Crippen LogP contribution >= 0.6 is 15.9 Å². The number of carbonyl (C=O) groups is 1. The molecule has 120 valence electrons. The number of ether oxygens (including phenoxy) is 1. The molecule has 1 heterocycles. The first-order valence-corrected chi connectivity index (χ1v) is 8.22. The number of hydrogen-bond donors (Lipinski definition) is 1. The number of rotatable bonds is 6. The van der Waals surface area contributed by atoms with Crippen molar-refractivity contribution in [1.29, 1.82) is 0 Å². The Hall–Kier alpha value is -2.14. The van der Waals surface area contributed by atoms with Crippen LogP contribution in [-0.2, 0) is 4.79 Å². The van der Waals surface area contributed by atoms with E-state index in [1.807, 2.05) is 37.3 Å². The van der Waals surface area contributed by atoms with Crippen molar-refractivity contribution in [3.63, 3.8) is 0 Å². The molecule has 4 nitrogen and oxygen atoms in total. The van der Waals surface area contributed by atoms with Gasteiger partial charge in [0.15, 0.2) is 0 Å². The zero-order valence-corrected chi connectivity index (χ0v) is 14.8. The van der Waals surface area contributed by atoms with Gasteiger partial charge >= 0.3 is 0 Å². The van der Waals surface area contributed by atoms with E-state index in [0.717, 1.165) is 27.8 Å². The molecule has 1 aromatic heterocycles. The van der Waals surface area contributed by atoms with Gasteiger partial charge in [-0.05, 0) is 64.7 Å². The van der Waals surface area contributed by atoms with E-state index in [9.17, 15) is 4.79 Å². The largest absolute Gasteiger partial charge is 0.494 e. The SMILES string of the molecule is CCCOc1ccc(/C=C/C(=O)Nc2cc(C)c(Br)cn2)cc1. The van der Waals surface area contributed by atoms with Gasteiger partial charge in [0.25, 0.3) is 0 Å². The highest BCUT2D eigenvalue weighted by molar-refractivity contribution is 9.10. The lowest BCUT2D eigenvalue weighted by Crippen LogP contribution is -2.09. The molecule has 1 N–H and O–H groups in total. The van der Waals surface area contributed by atoms with Crippen LogP contribution in [0, 0.1) is 6.92 Å². The molecule has 0 saturated carbocycles. The third kappa shape index (κ3) is 5.53. The first kappa shape index (κ1) is 17.2. The summed E-state index contributed by atoms with van der Waals surface area (Å²) in [6.07, 6.45) is 5.89. The lowest BCUT2D eigenvalue weighted by atomic mass is 10.2. The lowest BCUT2D eigenvalue weighted by molar-refractivity contribution is -0.111. The summed E-state index contributed by atoms with van der Waals surface area (Å²) in [6, 6.07) is 9.43. The van der Waals surface area contributed by atoms with Crippen molar-refractivity contribution < 1.29 is 9.53 Å². The maximum Gasteiger partial charge on any atom is 0.249 e. The number of nitrogens with zero attached hydrogens (tertiary/aromatic N) is 1. The fraction of sp³-hybridized carbons (Fsp3) is 0.222. The van der Waals surface area contributed by atoms with Crippen LogP contribution in [-0.4, -0.2) is 17.5 Å². The minimum atomic E-state index is -0.217. The molecule has 0 bridgehead atoms. The molecule has 0 spiro atoms. The van der Waals surface area contributed by atoms with Gasteiger partial charge in [-0.15, -0.1) is 0 Å². The summed E-state index contributed by atoms with van der Waals surface area (Å²) in [7, 11) is 0. The summed E-state index contributed by atoms with van der Waals surface area (Å²) in [6.45, 7) is 4.72. The maximum absolute atomic E-state index is 11.9. The number of anilines is 1. The minimum Gasteiger partial charge on any atom is -0.494 e. The normalized spacial score (nSPS) is 10.7. The number of aromatic nitrogens is 1. The third-order valence-corrected chi connectivity index (χ3v) is 3.91. The fourth-order valence-electron chi connectivity index (χ4n) is 1.84. The Bertz CT molecular complexity index is 697. The fourth-order valence-corrected chi connectivity index (χ4v) is 2.06. The maximum atomic E-state index is 11.9. The number of nitrogens with one attached hydrogen (secondary N) is 1. The zero-order valence-electron chi connectivity index (χ0n) is 13.2. The van der Waals surface area contributed by atoms with Gasteiger partial charge in [-0.3, -0.25) is 4.79 Å². The number of pyridine rings is 1. The minimum absolute atomic E-state index is 0.217. The van der Waals surface area contributed by atoms with E-state index in [-0.39, 0.29) is 5.91 Å². The highest BCUT2D eigenvalue weighted by Gasteiger charge is 2.02.